The first kappa shape index (κ1) is 12.1. The van der Waals surface area contributed by atoms with E-state index in [4.69, 9.17) is 0 Å². The first-order valence-corrected chi connectivity index (χ1v) is 6.29. The second-order valence-corrected chi connectivity index (χ2v) is 4.87. The Morgan fingerprint density at radius 3 is 3.00 bits per heavy atom. The molecule has 0 aromatic heterocycles. The third-order valence-electron chi connectivity index (χ3n) is 3.46. The highest BCUT2D eigenvalue weighted by Gasteiger charge is 2.35. The molecular weight excluding hydrogens is 212 g/mol. The van der Waals surface area contributed by atoms with Crippen molar-refractivity contribution in [3.8, 4) is 0 Å². The van der Waals surface area contributed by atoms with Gasteiger partial charge in [-0.1, -0.05) is 19.1 Å². The Hall–Kier alpha value is -1.35. The maximum absolute atomic E-state index is 12.2. The van der Waals surface area contributed by atoms with Crippen LogP contribution in [0.4, 0.5) is 5.69 Å². The summed E-state index contributed by atoms with van der Waals surface area (Å²) < 4.78 is 0. The molecule has 92 valence electrons. The molecule has 17 heavy (non-hydrogen) atoms. The Morgan fingerprint density at radius 2 is 2.35 bits per heavy atom. The third kappa shape index (κ3) is 2.67. The van der Waals surface area contributed by atoms with Gasteiger partial charge in [0.05, 0.1) is 5.54 Å². The van der Waals surface area contributed by atoms with E-state index in [0.717, 1.165) is 31.5 Å². The van der Waals surface area contributed by atoms with E-state index in [-0.39, 0.29) is 5.91 Å². The molecule has 1 saturated heterocycles. The summed E-state index contributed by atoms with van der Waals surface area (Å²) in [6.45, 7) is 5.01. The van der Waals surface area contributed by atoms with Crippen LogP contribution in [0.2, 0.25) is 0 Å². The maximum atomic E-state index is 12.2. The van der Waals surface area contributed by atoms with E-state index in [1.54, 1.807) is 0 Å². The quantitative estimate of drug-likeness (QED) is 0.839. The SMILES string of the molecule is CCc1cccc(NC(=O)C2(C)CCCN2)c1. The van der Waals surface area contributed by atoms with Gasteiger partial charge in [0.1, 0.15) is 0 Å². The monoisotopic (exact) mass is 232 g/mol. The van der Waals surface area contributed by atoms with Crippen LogP contribution in [-0.2, 0) is 11.2 Å². The molecule has 1 aromatic carbocycles. The van der Waals surface area contributed by atoms with Gasteiger partial charge in [-0.3, -0.25) is 4.79 Å². The first-order chi connectivity index (χ1) is 8.14. The fourth-order valence-corrected chi connectivity index (χ4v) is 2.23. The first-order valence-electron chi connectivity index (χ1n) is 6.29. The highest BCUT2D eigenvalue weighted by atomic mass is 16.2. The van der Waals surface area contributed by atoms with Crippen molar-refractivity contribution in [2.24, 2.45) is 0 Å². The number of nitrogens with one attached hydrogen (secondary N) is 2. The molecule has 3 nitrogen and oxygen atoms in total. The molecular formula is C14H20N2O. The van der Waals surface area contributed by atoms with E-state index < -0.39 is 5.54 Å². The van der Waals surface area contributed by atoms with Crippen molar-refractivity contribution in [1.82, 2.24) is 5.32 Å². The van der Waals surface area contributed by atoms with Gasteiger partial charge in [-0.25, -0.2) is 0 Å². The zero-order chi connectivity index (χ0) is 12.3. The summed E-state index contributed by atoms with van der Waals surface area (Å²) in [4.78, 5) is 12.2. The van der Waals surface area contributed by atoms with Crippen LogP contribution in [0.3, 0.4) is 0 Å². The van der Waals surface area contributed by atoms with E-state index in [9.17, 15) is 4.79 Å². The molecule has 2 N–H and O–H groups in total. The van der Waals surface area contributed by atoms with Crippen LogP contribution >= 0.6 is 0 Å². The van der Waals surface area contributed by atoms with Crippen molar-refractivity contribution in [1.29, 1.82) is 0 Å². The molecule has 0 aliphatic carbocycles. The number of aryl methyl sites for hydroxylation is 1. The number of amides is 1. The van der Waals surface area contributed by atoms with Crippen molar-refractivity contribution >= 4 is 11.6 Å². The summed E-state index contributed by atoms with van der Waals surface area (Å²) in [6, 6.07) is 8.04. The Bertz CT molecular complexity index is 408. The summed E-state index contributed by atoms with van der Waals surface area (Å²) >= 11 is 0. The molecule has 1 aliphatic heterocycles. The zero-order valence-electron chi connectivity index (χ0n) is 10.5. The second kappa shape index (κ2) is 4.88. The fraction of sp³-hybridized carbons (Fsp3) is 0.500. The van der Waals surface area contributed by atoms with Gasteiger partial charge in [-0.2, -0.15) is 0 Å². The van der Waals surface area contributed by atoms with Crippen LogP contribution in [0.25, 0.3) is 0 Å². The number of rotatable bonds is 3. The molecule has 0 bridgehead atoms. The van der Waals surface area contributed by atoms with Crippen molar-refractivity contribution in [2.45, 2.75) is 38.6 Å². The molecule has 1 aromatic rings. The molecule has 0 spiro atoms. The number of carbonyl (C=O) groups is 1. The lowest BCUT2D eigenvalue weighted by Gasteiger charge is -2.23. The maximum Gasteiger partial charge on any atom is 0.244 e. The largest absolute Gasteiger partial charge is 0.324 e. The average Bonchev–Trinajstić information content (AvgIpc) is 2.78. The third-order valence-corrected chi connectivity index (χ3v) is 3.46. The molecule has 1 atom stereocenters. The molecule has 1 fully saturated rings. The second-order valence-electron chi connectivity index (χ2n) is 4.87. The van der Waals surface area contributed by atoms with Crippen LogP contribution in [0.15, 0.2) is 24.3 Å². The summed E-state index contributed by atoms with van der Waals surface area (Å²) in [7, 11) is 0. The molecule has 1 unspecified atom stereocenters. The van der Waals surface area contributed by atoms with Gasteiger partial charge in [0.2, 0.25) is 5.91 Å². The zero-order valence-corrected chi connectivity index (χ0v) is 10.5. The number of anilines is 1. The summed E-state index contributed by atoms with van der Waals surface area (Å²) in [5.74, 6) is 0.0725. The molecule has 0 saturated carbocycles. The fourth-order valence-electron chi connectivity index (χ4n) is 2.23. The van der Waals surface area contributed by atoms with E-state index >= 15 is 0 Å². The van der Waals surface area contributed by atoms with Crippen LogP contribution < -0.4 is 10.6 Å². The van der Waals surface area contributed by atoms with Crippen molar-refractivity contribution < 1.29 is 4.79 Å². The molecule has 1 amide bonds. The minimum Gasteiger partial charge on any atom is -0.324 e. The standard InChI is InChI=1S/C14H20N2O/c1-3-11-6-4-7-12(10-11)16-13(17)14(2)8-5-9-15-14/h4,6-7,10,15H,3,5,8-9H2,1-2H3,(H,16,17). The van der Waals surface area contributed by atoms with Gasteiger partial charge in [-0.15, -0.1) is 0 Å². The smallest absolute Gasteiger partial charge is 0.244 e. The highest BCUT2D eigenvalue weighted by Crippen LogP contribution is 2.21. The van der Waals surface area contributed by atoms with Crippen molar-refractivity contribution in [3.05, 3.63) is 29.8 Å². The van der Waals surface area contributed by atoms with Crippen LogP contribution in [0.5, 0.6) is 0 Å². The highest BCUT2D eigenvalue weighted by molar-refractivity contribution is 5.98. The van der Waals surface area contributed by atoms with Crippen molar-refractivity contribution in [3.63, 3.8) is 0 Å². The van der Waals surface area contributed by atoms with Crippen LogP contribution in [0.1, 0.15) is 32.3 Å². The van der Waals surface area contributed by atoms with Crippen LogP contribution in [0, 0.1) is 0 Å². The average molecular weight is 232 g/mol. The predicted molar refractivity (Wildman–Crippen MR) is 70.1 cm³/mol. The Labute approximate surface area is 103 Å². The molecule has 0 radical (unpaired) electrons. The topological polar surface area (TPSA) is 41.1 Å². The number of hydrogen-bond acceptors (Lipinski definition) is 2. The van der Waals surface area contributed by atoms with E-state index in [1.165, 1.54) is 5.56 Å². The van der Waals surface area contributed by atoms with Gasteiger partial charge in [0, 0.05) is 5.69 Å². The minimum absolute atomic E-state index is 0.0725. The number of carbonyl (C=O) groups excluding carboxylic acids is 1. The Morgan fingerprint density at radius 1 is 1.53 bits per heavy atom. The molecule has 1 aliphatic rings. The predicted octanol–water partition coefficient (Wildman–Crippen LogP) is 2.33. The van der Waals surface area contributed by atoms with Crippen LogP contribution in [-0.4, -0.2) is 18.0 Å². The van der Waals surface area contributed by atoms with Gasteiger partial charge >= 0.3 is 0 Å². The van der Waals surface area contributed by atoms with Gasteiger partial charge < -0.3 is 10.6 Å². The Balaban J connectivity index is 2.07. The normalized spacial score (nSPS) is 23.6. The van der Waals surface area contributed by atoms with E-state index in [1.807, 2.05) is 25.1 Å². The summed E-state index contributed by atoms with van der Waals surface area (Å²) in [6.07, 6.45) is 2.96. The summed E-state index contributed by atoms with van der Waals surface area (Å²) in [5, 5.41) is 6.27. The number of benzene rings is 1. The molecule has 2 rings (SSSR count). The lowest BCUT2D eigenvalue weighted by Crippen LogP contribution is -2.47. The van der Waals surface area contributed by atoms with Gasteiger partial charge in [0.25, 0.3) is 0 Å². The van der Waals surface area contributed by atoms with Crippen molar-refractivity contribution in [2.75, 3.05) is 11.9 Å². The van der Waals surface area contributed by atoms with Gasteiger partial charge in [0.15, 0.2) is 0 Å². The van der Waals surface area contributed by atoms with E-state index in [2.05, 4.69) is 23.6 Å². The van der Waals surface area contributed by atoms with E-state index in [0.29, 0.717) is 0 Å². The molecule has 1 heterocycles. The molecule has 3 heteroatoms. The lowest BCUT2D eigenvalue weighted by molar-refractivity contribution is -0.121. The lowest BCUT2D eigenvalue weighted by atomic mass is 9.99. The number of hydrogen-bond donors (Lipinski definition) is 2. The van der Waals surface area contributed by atoms with Gasteiger partial charge in [-0.05, 0) is 50.4 Å². The summed E-state index contributed by atoms with van der Waals surface area (Å²) in [5.41, 5.74) is 1.74. The minimum atomic E-state index is -0.401. The Kier molecular flexibility index (Phi) is 3.48.